The molecule has 0 aliphatic carbocycles. The van der Waals surface area contributed by atoms with E-state index < -0.39 is 23.6 Å². The molecule has 1 aromatic carbocycles. The molecule has 4 rings (SSSR count). The number of benzene rings is 1. The van der Waals surface area contributed by atoms with Crippen molar-refractivity contribution in [3.63, 3.8) is 0 Å². The zero-order chi connectivity index (χ0) is 26.6. The van der Waals surface area contributed by atoms with Gasteiger partial charge in [-0.05, 0) is 41.5 Å². The molecule has 0 aliphatic heterocycles. The normalized spacial score (nSPS) is 11.9. The number of rotatable bonds is 8. The van der Waals surface area contributed by atoms with E-state index in [2.05, 4.69) is 15.0 Å². The topological polar surface area (TPSA) is 69.3 Å². The molecule has 0 saturated heterocycles. The fourth-order valence-corrected chi connectivity index (χ4v) is 3.29. The predicted octanol–water partition coefficient (Wildman–Crippen LogP) is 6.68. The van der Waals surface area contributed by atoms with Gasteiger partial charge in [-0.25, -0.2) is 4.98 Å². The minimum absolute atomic E-state index is 0.00135. The number of aromatic nitrogens is 3. The number of nitrogens with one attached hydrogen (secondary N) is 1. The summed E-state index contributed by atoms with van der Waals surface area (Å²) in [5, 5.41) is 0. The van der Waals surface area contributed by atoms with Gasteiger partial charge >= 0.3 is 12.4 Å². The fraction of sp³-hybridized carbons (Fsp3) is 0.200. The van der Waals surface area contributed by atoms with Gasteiger partial charge in [-0.1, -0.05) is 12.1 Å². The van der Waals surface area contributed by atoms with Crippen molar-refractivity contribution in [2.45, 2.75) is 25.6 Å². The van der Waals surface area contributed by atoms with Gasteiger partial charge < -0.3 is 19.2 Å². The van der Waals surface area contributed by atoms with E-state index in [1.807, 2.05) is 0 Å². The lowest BCUT2D eigenvalue weighted by molar-refractivity contribution is -0.141. The van der Waals surface area contributed by atoms with Crippen LogP contribution >= 0.6 is 0 Å². The van der Waals surface area contributed by atoms with Gasteiger partial charge in [0.15, 0.2) is 0 Å². The van der Waals surface area contributed by atoms with E-state index in [0.29, 0.717) is 5.75 Å². The maximum absolute atomic E-state index is 13.1. The third-order valence-electron chi connectivity index (χ3n) is 5.20. The Kier molecular flexibility index (Phi) is 7.28. The first-order chi connectivity index (χ1) is 17.5. The zero-order valence-electron chi connectivity index (χ0n) is 19.2. The van der Waals surface area contributed by atoms with Crippen LogP contribution in [0.4, 0.5) is 26.3 Å². The van der Waals surface area contributed by atoms with Gasteiger partial charge in [0.2, 0.25) is 5.88 Å². The van der Waals surface area contributed by atoms with Gasteiger partial charge in [-0.3, -0.25) is 4.98 Å². The molecule has 0 radical (unpaired) electrons. The Morgan fingerprint density at radius 2 is 1.54 bits per heavy atom. The van der Waals surface area contributed by atoms with E-state index in [4.69, 9.17) is 14.2 Å². The van der Waals surface area contributed by atoms with Gasteiger partial charge in [-0.2, -0.15) is 26.3 Å². The Balaban J connectivity index is 1.58. The van der Waals surface area contributed by atoms with Crippen LogP contribution in [-0.4, -0.2) is 22.1 Å². The second-order valence-electron chi connectivity index (χ2n) is 7.79. The first-order valence-corrected chi connectivity index (χ1v) is 10.7. The summed E-state index contributed by atoms with van der Waals surface area (Å²) in [5.74, 6) is 0.795. The molecule has 1 N–H and O–H groups in total. The summed E-state index contributed by atoms with van der Waals surface area (Å²) in [6.45, 7) is -0.191. The summed E-state index contributed by atoms with van der Waals surface area (Å²) < 4.78 is 94.6. The number of hydrogen-bond acceptors (Lipinski definition) is 5. The highest BCUT2D eigenvalue weighted by atomic mass is 19.4. The molecule has 3 aromatic heterocycles. The molecule has 0 amide bonds. The monoisotopic (exact) mass is 523 g/mol. The van der Waals surface area contributed by atoms with Crippen molar-refractivity contribution >= 4 is 0 Å². The Labute approximate surface area is 206 Å². The molecule has 0 unspecified atom stereocenters. The van der Waals surface area contributed by atoms with Crippen LogP contribution in [0.5, 0.6) is 17.4 Å². The van der Waals surface area contributed by atoms with Crippen LogP contribution in [0.15, 0.2) is 67.1 Å². The van der Waals surface area contributed by atoms with E-state index in [-0.39, 0.29) is 41.7 Å². The van der Waals surface area contributed by atoms with Crippen molar-refractivity contribution in [3.05, 3.63) is 89.5 Å². The molecular formula is C25H19F6N3O3. The summed E-state index contributed by atoms with van der Waals surface area (Å²) in [5.41, 5.74) is -0.632. The Hall–Kier alpha value is -4.22. The minimum atomic E-state index is -4.61. The maximum Gasteiger partial charge on any atom is 0.433 e. The van der Waals surface area contributed by atoms with Crippen LogP contribution in [0.2, 0.25) is 0 Å². The van der Waals surface area contributed by atoms with Crippen LogP contribution < -0.4 is 14.2 Å². The first-order valence-electron chi connectivity index (χ1n) is 10.7. The van der Waals surface area contributed by atoms with E-state index in [1.54, 1.807) is 24.3 Å². The van der Waals surface area contributed by atoms with Crippen molar-refractivity contribution in [2.24, 2.45) is 0 Å². The number of H-pyrrole nitrogens is 1. The number of nitrogens with zero attached hydrogens (tertiary/aromatic N) is 2. The van der Waals surface area contributed by atoms with Crippen LogP contribution in [0.1, 0.15) is 22.4 Å². The average molecular weight is 523 g/mol. The Bertz CT molecular complexity index is 1350. The van der Waals surface area contributed by atoms with Crippen molar-refractivity contribution < 1.29 is 40.6 Å². The van der Waals surface area contributed by atoms with Gasteiger partial charge in [0, 0.05) is 24.7 Å². The SMILES string of the molecule is COc1ccc(COc2cc(OCc3ccnc(C(F)(F)F)c3)ncc2-c2cc(C(F)(F)F)c[nH]2)cc1. The molecule has 0 fully saturated rings. The number of alkyl halides is 6. The molecule has 3 heterocycles. The number of halogens is 6. The van der Waals surface area contributed by atoms with Crippen molar-refractivity contribution in [2.75, 3.05) is 7.11 Å². The fourth-order valence-electron chi connectivity index (χ4n) is 3.29. The minimum Gasteiger partial charge on any atom is -0.497 e. The quantitative estimate of drug-likeness (QED) is 0.261. The van der Waals surface area contributed by atoms with Crippen LogP contribution in [-0.2, 0) is 25.6 Å². The average Bonchev–Trinajstić information content (AvgIpc) is 3.37. The highest BCUT2D eigenvalue weighted by molar-refractivity contribution is 5.68. The summed E-state index contributed by atoms with van der Waals surface area (Å²) in [7, 11) is 1.53. The largest absolute Gasteiger partial charge is 0.497 e. The molecular weight excluding hydrogens is 504 g/mol. The molecule has 12 heteroatoms. The second kappa shape index (κ2) is 10.4. The third-order valence-corrected chi connectivity index (χ3v) is 5.20. The third kappa shape index (κ3) is 6.51. The molecule has 194 valence electrons. The molecule has 0 saturated carbocycles. The van der Waals surface area contributed by atoms with Crippen LogP contribution in [0.25, 0.3) is 11.3 Å². The number of hydrogen-bond donors (Lipinski definition) is 1. The summed E-state index contributed by atoms with van der Waals surface area (Å²) in [6, 6.07) is 11.5. The molecule has 0 spiro atoms. The van der Waals surface area contributed by atoms with Gasteiger partial charge in [0.05, 0.1) is 23.9 Å². The molecule has 0 atom stereocenters. The molecule has 4 aromatic rings. The summed E-state index contributed by atoms with van der Waals surface area (Å²) >= 11 is 0. The second-order valence-corrected chi connectivity index (χ2v) is 7.79. The maximum atomic E-state index is 13.1. The van der Waals surface area contributed by atoms with Crippen molar-refractivity contribution in [1.29, 1.82) is 0 Å². The summed E-state index contributed by atoms with van der Waals surface area (Å²) in [4.78, 5) is 9.96. The highest BCUT2D eigenvalue weighted by Crippen LogP contribution is 2.36. The first kappa shape index (κ1) is 25.9. The lowest BCUT2D eigenvalue weighted by Gasteiger charge is -2.14. The number of aromatic amines is 1. The van der Waals surface area contributed by atoms with E-state index >= 15 is 0 Å². The number of methoxy groups -OCH3 is 1. The van der Waals surface area contributed by atoms with Crippen LogP contribution in [0, 0.1) is 0 Å². The van der Waals surface area contributed by atoms with E-state index in [1.165, 1.54) is 25.4 Å². The molecule has 0 aliphatic rings. The Morgan fingerprint density at radius 3 is 2.19 bits per heavy atom. The van der Waals surface area contributed by atoms with Gasteiger partial charge in [0.25, 0.3) is 0 Å². The lowest BCUT2D eigenvalue weighted by atomic mass is 10.1. The lowest BCUT2D eigenvalue weighted by Crippen LogP contribution is -2.09. The smallest absolute Gasteiger partial charge is 0.433 e. The predicted molar refractivity (Wildman–Crippen MR) is 120 cm³/mol. The molecule has 0 bridgehead atoms. The zero-order valence-corrected chi connectivity index (χ0v) is 19.2. The molecule has 37 heavy (non-hydrogen) atoms. The molecule has 6 nitrogen and oxygen atoms in total. The summed E-state index contributed by atoms with van der Waals surface area (Å²) in [6.07, 6.45) is -6.04. The van der Waals surface area contributed by atoms with Crippen molar-refractivity contribution in [1.82, 2.24) is 15.0 Å². The van der Waals surface area contributed by atoms with E-state index in [9.17, 15) is 26.3 Å². The van der Waals surface area contributed by atoms with Crippen molar-refractivity contribution in [3.8, 4) is 28.6 Å². The van der Waals surface area contributed by atoms with Crippen LogP contribution in [0.3, 0.4) is 0 Å². The standard InChI is InChI=1S/C25H19F6N3O3/c1-35-18-4-2-15(3-5-18)13-36-21-10-23(37-14-16-6-7-32-22(8-16)25(29,30)31)34-12-19(21)20-9-17(11-33-20)24(26,27)28/h2-12,33H,13-14H2,1H3. The van der Waals surface area contributed by atoms with Gasteiger partial charge in [-0.15, -0.1) is 0 Å². The van der Waals surface area contributed by atoms with Gasteiger partial charge in [0.1, 0.15) is 30.4 Å². The number of ether oxygens (including phenoxy) is 3. The van der Waals surface area contributed by atoms with E-state index in [0.717, 1.165) is 30.1 Å². The highest BCUT2D eigenvalue weighted by Gasteiger charge is 2.33. The Morgan fingerprint density at radius 1 is 0.811 bits per heavy atom. The number of pyridine rings is 2.